The van der Waals surface area contributed by atoms with Crippen molar-refractivity contribution in [1.29, 1.82) is 0 Å². The fourth-order valence-electron chi connectivity index (χ4n) is 0.654. The van der Waals surface area contributed by atoms with Gasteiger partial charge in [0, 0.05) is 6.54 Å². The SMILES string of the molecule is CCCC(O)CNC(N)=S. The molecule has 10 heavy (non-hydrogen) atoms. The fraction of sp³-hybridized carbons (Fsp3) is 0.833. The lowest BCUT2D eigenvalue weighted by atomic mass is 10.2. The van der Waals surface area contributed by atoms with Crippen molar-refractivity contribution in [3.63, 3.8) is 0 Å². The molecular formula is C6H14N2OS. The number of rotatable bonds is 4. The van der Waals surface area contributed by atoms with Gasteiger partial charge in [0.1, 0.15) is 0 Å². The maximum Gasteiger partial charge on any atom is 0.163 e. The van der Waals surface area contributed by atoms with Crippen LogP contribution in [0.15, 0.2) is 0 Å². The summed E-state index contributed by atoms with van der Waals surface area (Å²) in [5.74, 6) is 0. The zero-order valence-electron chi connectivity index (χ0n) is 6.13. The third-order valence-corrected chi connectivity index (χ3v) is 1.28. The lowest BCUT2D eigenvalue weighted by Crippen LogP contribution is -2.35. The van der Waals surface area contributed by atoms with Crippen LogP contribution in [0.1, 0.15) is 19.8 Å². The summed E-state index contributed by atoms with van der Waals surface area (Å²) < 4.78 is 0. The van der Waals surface area contributed by atoms with E-state index in [9.17, 15) is 0 Å². The zero-order chi connectivity index (χ0) is 7.98. The molecule has 0 bridgehead atoms. The van der Waals surface area contributed by atoms with Crippen LogP contribution in [0.4, 0.5) is 0 Å². The molecule has 60 valence electrons. The van der Waals surface area contributed by atoms with Crippen LogP contribution in [-0.4, -0.2) is 22.9 Å². The van der Waals surface area contributed by atoms with E-state index in [1.165, 1.54) is 0 Å². The van der Waals surface area contributed by atoms with E-state index >= 15 is 0 Å². The van der Waals surface area contributed by atoms with Crippen molar-refractivity contribution in [2.45, 2.75) is 25.9 Å². The maximum atomic E-state index is 9.12. The monoisotopic (exact) mass is 162 g/mol. The van der Waals surface area contributed by atoms with E-state index in [0.717, 1.165) is 12.8 Å². The Balaban J connectivity index is 3.21. The Hall–Kier alpha value is -0.350. The lowest BCUT2D eigenvalue weighted by molar-refractivity contribution is 0.167. The average Bonchev–Trinajstić information content (AvgIpc) is 1.85. The molecule has 1 unspecified atom stereocenters. The summed E-state index contributed by atoms with van der Waals surface area (Å²) in [6.45, 7) is 2.48. The minimum atomic E-state index is -0.327. The van der Waals surface area contributed by atoms with Gasteiger partial charge in [0.25, 0.3) is 0 Å². The first-order chi connectivity index (χ1) is 4.66. The molecule has 1 atom stereocenters. The Labute approximate surface area is 66.6 Å². The van der Waals surface area contributed by atoms with Crippen molar-refractivity contribution < 1.29 is 5.11 Å². The van der Waals surface area contributed by atoms with E-state index in [1.54, 1.807) is 0 Å². The topological polar surface area (TPSA) is 58.3 Å². The van der Waals surface area contributed by atoms with Crippen molar-refractivity contribution in [2.75, 3.05) is 6.54 Å². The molecular weight excluding hydrogens is 148 g/mol. The first kappa shape index (κ1) is 9.65. The summed E-state index contributed by atoms with van der Waals surface area (Å²) in [4.78, 5) is 0. The van der Waals surface area contributed by atoms with Crippen molar-refractivity contribution >= 4 is 17.3 Å². The molecule has 0 spiro atoms. The molecule has 0 aliphatic carbocycles. The first-order valence-electron chi connectivity index (χ1n) is 3.38. The van der Waals surface area contributed by atoms with Crippen LogP contribution in [0.2, 0.25) is 0 Å². The lowest BCUT2D eigenvalue weighted by Gasteiger charge is -2.09. The van der Waals surface area contributed by atoms with Crippen molar-refractivity contribution in [2.24, 2.45) is 5.73 Å². The number of nitrogens with one attached hydrogen (secondary N) is 1. The molecule has 4 N–H and O–H groups in total. The summed E-state index contributed by atoms with van der Waals surface area (Å²) in [6, 6.07) is 0. The molecule has 0 rings (SSSR count). The standard InChI is InChI=1S/C6H14N2OS/c1-2-3-5(9)4-8-6(7)10/h5,9H,2-4H2,1H3,(H3,7,8,10). The van der Waals surface area contributed by atoms with E-state index in [4.69, 9.17) is 10.8 Å². The van der Waals surface area contributed by atoms with Gasteiger partial charge >= 0.3 is 0 Å². The van der Waals surface area contributed by atoms with Crippen molar-refractivity contribution in [3.8, 4) is 0 Å². The van der Waals surface area contributed by atoms with Gasteiger partial charge in [-0.3, -0.25) is 0 Å². The van der Waals surface area contributed by atoms with Crippen molar-refractivity contribution in [3.05, 3.63) is 0 Å². The Morgan fingerprint density at radius 3 is 2.80 bits per heavy atom. The molecule has 0 heterocycles. The maximum absolute atomic E-state index is 9.12. The number of hydrogen-bond donors (Lipinski definition) is 3. The van der Waals surface area contributed by atoms with Gasteiger partial charge in [-0.05, 0) is 18.6 Å². The molecule has 0 aliphatic rings. The predicted molar refractivity (Wildman–Crippen MR) is 45.7 cm³/mol. The largest absolute Gasteiger partial charge is 0.391 e. The number of aliphatic hydroxyl groups is 1. The number of nitrogens with two attached hydrogens (primary N) is 1. The van der Waals surface area contributed by atoms with Gasteiger partial charge in [-0.1, -0.05) is 13.3 Å². The summed E-state index contributed by atoms with van der Waals surface area (Å²) in [5, 5.41) is 12.1. The molecule has 3 nitrogen and oxygen atoms in total. The van der Waals surface area contributed by atoms with E-state index in [0.29, 0.717) is 6.54 Å². The van der Waals surface area contributed by atoms with Crippen LogP contribution in [0, 0.1) is 0 Å². The number of thiocarbonyl (C=S) groups is 1. The zero-order valence-corrected chi connectivity index (χ0v) is 6.95. The predicted octanol–water partition coefficient (Wildman–Crippen LogP) is -0.0194. The minimum Gasteiger partial charge on any atom is -0.391 e. The smallest absolute Gasteiger partial charge is 0.163 e. The van der Waals surface area contributed by atoms with E-state index < -0.39 is 0 Å². The van der Waals surface area contributed by atoms with Crippen LogP contribution in [0.25, 0.3) is 0 Å². The summed E-state index contributed by atoms with van der Waals surface area (Å²) >= 11 is 4.55. The highest BCUT2D eigenvalue weighted by Gasteiger charge is 2.00. The van der Waals surface area contributed by atoms with E-state index in [1.807, 2.05) is 6.92 Å². The first-order valence-corrected chi connectivity index (χ1v) is 3.79. The highest BCUT2D eigenvalue weighted by atomic mass is 32.1. The fourth-order valence-corrected chi connectivity index (χ4v) is 0.737. The quantitative estimate of drug-likeness (QED) is 0.509. The molecule has 0 aromatic carbocycles. The van der Waals surface area contributed by atoms with Crippen LogP contribution >= 0.6 is 12.2 Å². The highest BCUT2D eigenvalue weighted by Crippen LogP contribution is 1.92. The third-order valence-electron chi connectivity index (χ3n) is 1.13. The Kier molecular flexibility index (Phi) is 5.25. The van der Waals surface area contributed by atoms with E-state index in [2.05, 4.69) is 17.5 Å². The summed E-state index contributed by atoms with van der Waals surface area (Å²) in [6.07, 6.45) is 1.43. The number of hydrogen-bond acceptors (Lipinski definition) is 2. The van der Waals surface area contributed by atoms with Crippen LogP contribution in [0.3, 0.4) is 0 Å². The third kappa shape index (κ3) is 5.78. The molecule has 0 aromatic heterocycles. The van der Waals surface area contributed by atoms with Crippen LogP contribution in [0.5, 0.6) is 0 Å². The number of aliphatic hydroxyl groups excluding tert-OH is 1. The molecule has 0 aromatic rings. The molecule has 0 saturated carbocycles. The molecule has 0 amide bonds. The van der Waals surface area contributed by atoms with Gasteiger partial charge in [-0.25, -0.2) is 0 Å². The molecule has 0 saturated heterocycles. The van der Waals surface area contributed by atoms with Crippen molar-refractivity contribution in [1.82, 2.24) is 5.32 Å². The molecule has 0 radical (unpaired) electrons. The van der Waals surface area contributed by atoms with Gasteiger partial charge in [0.2, 0.25) is 0 Å². The Bertz CT molecular complexity index is 108. The average molecular weight is 162 g/mol. The van der Waals surface area contributed by atoms with Gasteiger partial charge in [-0.2, -0.15) is 0 Å². The van der Waals surface area contributed by atoms with Gasteiger partial charge in [-0.15, -0.1) is 0 Å². The van der Waals surface area contributed by atoms with Crippen LogP contribution in [-0.2, 0) is 0 Å². The minimum absolute atomic E-state index is 0.246. The van der Waals surface area contributed by atoms with E-state index in [-0.39, 0.29) is 11.2 Å². The highest BCUT2D eigenvalue weighted by molar-refractivity contribution is 7.80. The second-order valence-electron chi connectivity index (χ2n) is 2.19. The molecule has 4 heteroatoms. The Morgan fingerprint density at radius 2 is 2.40 bits per heavy atom. The van der Waals surface area contributed by atoms with Gasteiger partial charge in [0.05, 0.1) is 6.10 Å². The molecule has 0 aliphatic heterocycles. The summed E-state index contributed by atoms with van der Waals surface area (Å²) in [7, 11) is 0. The van der Waals surface area contributed by atoms with Crippen LogP contribution < -0.4 is 11.1 Å². The molecule has 0 fully saturated rings. The normalized spacial score (nSPS) is 12.6. The van der Waals surface area contributed by atoms with Gasteiger partial charge in [0.15, 0.2) is 5.11 Å². The second kappa shape index (κ2) is 5.44. The summed E-state index contributed by atoms with van der Waals surface area (Å²) in [5.41, 5.74) is 5.15. The van der Waals surface area contributed by atoms with Gasteiger partial charge < -0.3 is 16.2 Å². The second-order valence-corrected chi connectivity index (χ2v) is 2.63. The Morgan fingerprint density at radius 1 is 1.80 bits per heavy atom.